The minimum Gasteiger partial charge on any atom is -0.466 e. The molecular formula is C17H15ClN2O3S. The van der Waals surface area contributed by atoms with Gasteiger partial charge in [0.2, 0.25) is 0 Å². The summed E-state index contributed by atoms with van der Waals surface area (Å²) in [5.74, 6) is 0.360. The second-order valence-electron chi connectivity index (χ2n) is 5.14. The highest BCUT2D eigenvalue weighted by molar-refractivity contribution is 7.08. The molecule has 2 heterocycles. The third-order valence-corrected chi connectivity index (χ3v) is 4.57. The Balaban J connectivity index is 1.73. The van der Waals surface area contributed by atoms with Crippen LogP contribution in [0.25, 0.3) is 0 Å². The minimum absolute atomic E-state index is 0.0481. The first-order valence-electron chi connectivity index (χ1n) is 7.18. The van der Waals surface area contributed by atoms with Crippen LogP contribution >= 0.6 is 22.9 Å². The number of carbonyl (C=O) groups is 1. The highest BCUT2D eigenvalue weighted by atomic mass is 35.5. The number of amides is 2. The molecule has 5 nitrogen and oxygen atoms in total. The number of thiophene rings is 1. The zero-order valence-electron chi connectivity index (χ0n) is 12.5. The molecule has 0 bridgehead atoms. The Bertz CT molecular complexity index is 769. The highest BCUT2D eigenvalue weighted by Crippen LogP contribution is 2.31. The summed E-state index contributed by atoms with van der Waals surface area (Å²) < 4.78 is 5.35. The number of halogens is 1. The Morgan fingerprint density at radius 2 is 2.08 bits per heavy atom. The minimum atomic E-state index is -1.44. The molecule has 0 saturated heterocycles. The lowest BCUT2D eigenvalue weighted by molar-refractivity contribution is 0.0597. The summed E-state index contributed by atoms with van der Waals surface area (Å²) in [4.78, 5) is 12.1. The topological polar surface area (TPSA) is 74.5 Å². The molecule has 3 rings (SSSR count). The van der Waals surface area contributed by atoms with Gasteiger partial charge in [0.15, 0.2) is 5.60 Å². The first-order valence-corrected chi connectivity index (χ1v) is 8.50. The van der Waals surface area contributed by atoms with E-state index in [1.54, 1.807) is 42.5 Å². The van der Waals surface area contributed by atoms with Gasteiger partial charge in [-0.3, -0.25) is 0 Å². The van der Waals surface area contributed by atoms with E-state index < -0.39 is 11.6 Å². The summed E-state index contributed by atoms with van der Waals surface area (Å²) in [7, 11) is 0. The van der Waals surface area contributed by atoms with Crippen LogP contribution in [-0.4, -0.2) is 17.7 Å². The molecule has 3 N–H and O–H groups in total. The summed E-state index contributed by atoms with van der Waals surface area (Å²) in [6.07, 6.45) is 1.48. The van der Waals surface area contributed by atoms with E-state index in [-0.39, 0.29) is 6.54 Å². The number of anilines is 1. The number of benzene rings is 1. The maximum absolute atomic E-state index is 12.1. The van der Waals surface area contributed by atoms with Crippen LogP contribution in [0.2, 0.25) is 5.02 Å². The van der Waals surface area contributed by atoms with Gasteiger partial charge in [-0.15, -0.1) is 0 Å². The van der Waals surface area contributed by atoms with E-state index in [0.29, 0.717) is 22.0 Å². The summed E-state index contributed by atoms with van der Waals surface area (Å²) >= 11 is 7.47. The molecule has 7 heteroatoms. The second-order valence-corrected chi connectivity index (χ2v) is 6.32. The number of hydrogen-bond acceptors (Lipinski definition) is 4. The number of carbonyl (C=O) groups excluding carboxylic acids is 1. The molecule has 0 saturated carbocycles. The number of para-hydroxylation sites is 1. The van der Waals surface area contributed by atoms with Gasteiger partial charge in [-0.1, -0.05) is 23.7 Å². The average molecular weight is 363 g/mol. The fraction of sp³-hybridized carbons (Fsp3) is 0.118. The van der Waals surface area contributed by atoms with Crippen molar-refractivity contribution in [2.45, 2.75) is 5.60 Å². The Hall–Kier alpha value is -2.28. The van der Waals surface area contributed by atoms with Crippen molar-refractivity contribution in [3.05, 3.63) is 75.8 Å². The zero-order chi connectivity index (χ0) is 17.0. The van der Waals surface area contributed by atoms with E-state index in [9.17, 15) is 9.90 Å². The number of urea groups is 1. The van der Waals surface area contributed by atoms with Crippen molar-refractivity contribution in [3.63, 3.8) is 0 Å². The molecule has 124 valence electrons. The fourth-order valence-corrected chi connectivity index (χ4v) is 3.19. The van der Waals surface area contributed by atoms with Crippen LogP contribution in [0.4, 0.5) is 10.5 Å². The number of hydrogen-bond donors (Lipinski definition) is 3. The van der Waals surface area contributed by atoms with Crippen LogP contribution < -0.4 is 10.6 Å². The zero-order valence-corrected chi connectivity index (χ0v) is 14.1. The molecule has 0 unspecified atom stereocenters. The quantitative estimate of drug-likeness (QED) is 0.641. The summed E-state index contributed by atoms with van der Waals surface area (Å²) in [5.41, 5.74) is -0.296. The van der Waals surface area contributed by atoms with Crippen LogP contribution in [0.1, 0.15) is 11.3 Å². The van der Waals surface area contributed by atoms with Crippen molar-refractivity contribution < 1.29 is 14.3 Å². The normalized spacial score (nSPS) is 13.2. The first-order chi connectivity index (χ1) is 11.6. The van der Waals surface area contributed by atoms with Crippen molar-refractivity contribution in [1.82, 2.24) is 5.32 Å². The molecule has 0 spiro atoms. The van der Waals surface area contributed by atoms with Crippen LogP contribution in [0.3, 0.4) is 0 Å². The Morgan fingerprint density at radius 3 is 2.75 bits per heavy atom. The standard InChI is InChI=1S/C17H15ClN2O3S/c18-13-4-1-2-5-14(13)20-16(21)19-11-17(22,12-7-9-24-10-12)15-6-3-8-23-15/h1-10,22H,11H2,(H2,19,20,21)/t17-/m0/s1. The van der Waals surface area contributed by atoms with Gasteiger partial charge >= 0.3 is 6.03 Å². The summed E-state index contributed by atoms with van der Waals surface area (Å²) in [5, 5.41) is 20.5. The number of nitrogens with one attached hydrogen (secondary N) is 2. The molecule has 3 aromatic rings. The van der Waals surface area contributed by atoms with Crippen LogP contribution in [0.5, 0.6) is 0 Å². The SMILES string of the molecule is O=C(NC[C@](O)(c1ccsc1)c1ccco1)Nc1ccccc1Cl. The molecule has 0 aliphatic rings. The first kappa shape index (κ1) is 16.6. The third-order valence-electron chi connectivity index (χ3n) is 3.55. The van der Waals surface area contributed by atoms with E-state index in [1.165, 1.54) is 17.6 Å². The van der Waals surface area contributed by atoms with Crippen molar-refractivity contribution in [2.24, 2.45) is 0 Å². The van der Waals surface area contributed by atoms with Gasteiger partial charge in [-0.25, -0.2) is 4.79 Å². The summed E-state index contributed by atoms with van der Waals surface area (Å²) in [6.45, 7) is -0.0481. The maximum Gasteiger partial charge on any atom is 0.319 e. The lowest BCUT2D eigenvalue weighted by Crippen LogP contribution is -2.42. The largest absolute Gasteiger partial charge is 0.466 e. The van der Waals surface area contributed by atoms with E-state index >= 15 is 0 Å². The molecule has 0 fully saturated rings. The Labute approximate surface area is 147 Å². The van der Waals surface area contributed by atoms with Crippen LogP contribution in [-0.2, 0) is 5.60 Å². The van der Waals surface area contributed by atoms with Crippen molar-refractivity contribution in [3.8, 4) is 0 Å². The van der Waals surface area contributed by atoms with E-state index in [2.05, 4.69) is 10.6 Å². The van der Waals surface area contributed by atoms with E-state index in [1.807, 2.05) is 10.8 Å². The van der Waals surface area contributed by atoms with Crippen LogP contribution in [0, 0.1) is 0 Å². The Kier molecular flexibility index (Phi) is 4.89. The monoisotopic (exact) mass is 362 g/mol. The van der Waals surface area contributed by atoms with Gasteiger partial charge in [0.25, 0.3) is 0 Å². The van der Waals surface area contributed by atoms with Crippen molar-refractivity contribution in [2.75, 3.05) is 11.9 Å². The molecule has 1 aromatic carbocycles. The van der Waals surface area contributed by atoms with Crippen molar-refractivity contribution >= 4 is 34.7 Å². The highest BCUT2D eigenvalue weighted by Gasteiger charge is 2.35. The second kappa shape index (κ2) is 7.09. The number of furan rings is 1. The van der Waals surface area contributed by atoms with Crippen LogP contribution in [0.15, 0.2) is 63.9 Å². The predicted octanol–water partition coefficient (Wildman–Crippen LogP) is 4.05. The molecular weight excluding hydrogens is 348 g/mol. The molecule has 0 aliphatic heterocycles. The van der Waals surface area contributed by atoms with Gasteiger partial charge in [0.05, 0.1) is 23.5 Å². The van der Waals surface area contributed by atoms with Gasteiger partial charge in [0.1, 0.15) is 5.76 Å². The Morgan fingerprint density at radius 1 is 1.25 bits per heavy atom. The van der Waals surface area contributed by atoms with Gasteiger partial charge in [-0.05, 0) is 41.1 Å². The summed E-state index contributed by atoms with van der Waals surface area (Å²) in [6, 6.07) is 11.6. The van der Waals surface area contributed by atoms with E-state index in [4.69, 9.17) is 16.0 Å². The van der Waals surface area contributed by atoms with E-state index in [0.717, 1.165) is 0 Å². The van der Waals surface area contributed by atoms with Gasteiger partial charge < -0.3 is 20.2 Å². The third kappa shape index (κ3) is 3.46. The molecule has 2 aromatic heterocycles. The molecule has 1 atom stereocenters. The predicted molar refractivity (Wildman–Crippen MR) is 94.5 cm³/mol. The number of aliphatic hydroxyl groups is 1. The molecule has 2 amide bonds. The smallest absolute Gasteiger partial charge is 0.319 e. The lowest BCUT2D eigenvalue weighted by atomic mass is 9.93. The molecule has 0 aliphatic carbocycles. The van der Waals surface area contributed by atoms with Gasteiger partial charge in [-0.2, -0.15) is 11.3 Å². The fourth-order valence-electron chi connectivity index (χ4n) is 2.28. The lowest BCUT2D eigenvalue weighted by Gasteiger charge is -2.25. The van der Waals surface area contributed by atoms with Crippen molar-refractivity contribution in [1.29, 1.82) is 0 Å². The number of rotatable bonds is 5. The molecule has 24 heavy (non-hydrogen) atoms. The molecule has 0 radical (unpaired) electrons. The average Bonchev–Trinajstić information content (AvgIpc) is 3.28. The van der Waals surface area contributed by atoms with Gasteiger partial charge in [0, 0.05) is 5.56 Å². The maximum atomic E-state index is 12.1.